The molecule has 0 aromatic heterocycles. The first-order chi connectivity index (χ1) is 8.20. The van der Waals surface area contributed by atoms with E-state index in [1.807, 2.05) is 24.3 Å². The molecule has 0 bridgehead atoms. The number of ether oxygens (including phenoxy) is 1. The van der Waals surface area contributed by atoms with Crippen LogP contribution in [0.1, 0.15) is 12.0 Å². The summed E-state index contributed by atoms with van der Waals surface area (Å²) in [5.41, 5.74) is 1.15. The molecule has 4 nitrogen and oxygen atoms in total. The van der Waals surface area contributed by atoms with Crippen molar-refractivity contribution in [2.45, 2.75) is 18.9 Å². The third-order valence-corrected chi connectivity index (χ3v) is 3.22. The van der Waals surface area contributed by atoms with Gasteiger partial charge < -0.3 is 15.2 Å². The van der Waals surface area contributed by atoms with Gasteiger partial charge in [0, 0.05) is 0 Å². The van der Waals surface area contributed by atoms with Gasteiger partial charge in [0.1, 0.15) is 11.8 Å². The standard InChI is InChI=1S/C13H17NO3/c1-17-12-5-3-2-4-10(12)6-9-7-11(13(15)16)14-8-9/h2-5,9,11,14H,6-8H2,1H3,(H,15,16)/t9-,11-/m0/s1. The smallest absolute Gasteiger partial charge is 0.320 e. The molecule has 0 aliphatic carbocycles. The van der Waals surface area contributed by atoms with Crippen LogP contribution < -0.4 is 10.1 Å². The maximum Gasteiger partial charge on any atom is 0.320 e. The quantitative estimate of drug-likeness (QED) is 0.826. The van der Waals surface area contributed by atoms with Crippen LogP contribution in [0.2, 0.25) is 0 Å². The Morgan fingerprint density at radius 2 is 2.29 bits per heavy atom. The van der Waals surface area contributed by atoms with Gasteiger partial charge in [-0.25, -0.2) is 0 Å². The minimum atomic E-state index is -0.757. The van der Waals surface area contributed by atoms with E-state index in [-0.39, 0.29) is 0 Å². The molecule has 1 saturated heterocycles. The zero-order chi connectivity index (χ0) is 12.3. The predicted octanol–water partition coefficient (Wildman–Crippen LogP) is 1.30. The van der Waals surface area contributed by atoms with Gasteiger partial charge in [-0.3, -0.25) is 4.79 Å². The van der Waals surface area contributed by atoms with Gasteiger partial charge in [-0.1, -0.05) is 18.2 Å². The number of hydrogen-bond acceptors (Lipinski definition) is 3. The van der Waals surface area contributed by atoms with Gasteiger partial charge in [-0.15, -0.1) is 0 Å². The molecule has 1 fully saturated rings. The van der Waals surface area contributed by atoms with E-state index in [1.54, 1.807) is 7.11 Å². The molecular weight excluding hydrogens is 218 g/mol. The highest BCUT2D eigenvalue weighted by Crippen LogP contribution is 2.25. The van der Waals surface area contributed by atoms with E-state index < -0.39 is 12.0 Å². The molecule has 1 aliphatic rings. The number of benzene rings is 1. The first-order valence-electron chi connectivity index (χ1n) is 5.78. The minimum absolute atomic E-state index is 0.368. The van der Waals surface area contributed by atoms with Crippen LogP contribution in [0.3, 0.4) is 0 Å². The second-order valence-corrected chi connectivity index (χ2v) is 4.42. The van der Waals surface area contributed by atoms with Gasteiger partial charge in [0.25, 0.3) is 0 Å². The molecule has 2 N–H and O–H groups in total. The van der Waals surface area contributed by atoms with Gasteiger partial charge in [-0.05, 0) is 36.9 Å². The Kier molecular flexibility index (Phi) is 3.64. The SMILES string of the molecule is COc1ccccc1C[C@@H]1CN[C@H](C(=O)O)C1. The second-order valence-electron chi connectivity index (χ2n) is 4.42. The Morgan fingerprint density at radius 3 is 2.94 bits per heavy atom. The third-order valence-electron chi connectivity index (χ3n) is 3.22. The molecule has 2 rings (SSSR count). The number of aliphatic carboxylic acids is 1. The van der Waals surface area contributed by atoms with Gasteiger partial charge in [0.2, 0.25) is 0 Å². The molecule has 17 heavy (non-hydrogen) atoms. The first kappa shape index (κ1) is 11.9. The summed E-state index contributed by atoms with van der Waals surface area (Å²) in [5, 5.41) is 11.9. The lowest BCUT2D eigenvalue weighted by Gasteiger charge is -2.12. The Bertz CT molecular complexity index is 405. The summed E-state index contributed by atoms with van der Waals surface area (Å²) in [5.74, 6) is 0.492. The van der Waals surface area contributed by atoms with E-state index in [4.69, 9.17) is 9.84 Å². The molecule has 0 unspecified atom stereocenters. The van der Waals surface area contributed by atoms with Crippen molar-refractivity contribution in [2.24, 2.45) is 5.92 Å². The molecule has 0 amide bonds. The largest absolute Gasteiger partial charge is 0.496 e. The predicted molar refractivity (Wildman–Crippen MR) is 64.2 cm³/mol. The number of carbonyl (C=O) groups is 1. The Morgan fingerprint density at radius 1 is 1.53 bits per heavy atom. The van der Waals surface area contributed by atoms with Gasteiger partial charge in [-0.2, -0.15) is 0 Å². The number of carboxylic acids is 1. The van der Waals surface area contributed by atoms with Gasteiger partial charge >= 0.3 is 5.97 Å². The Balaban J connectivity index is 2.00. The molecule has 1 heterocycles. The van der Waals surface area contributed by atoms with Crippen molar-refractivity contribution in [3.8, 4) is 5.75 Å². The summed E-state index contributed by atoms with van der Waals surface area (Å²) in [6, 6.07) is 7.50. The maximum absolute atomic E-state index is 10.8. The molecule has 2 atom stereocenters. The van der Waals surface area contributed by atoms with Crippen LogP contribution in [0.4, 0.5) is 0 Å². The van der Waals surface area contributed by atoms with Crippen molar-refractivity contribution in [1.29, 1.82) is 0 Å². The highest BCUT2D eigenvalue weighted by molar-refractivity contribution is 5.73. The van der Waals surface area contributed by atoms with E-state index in [0.29, 0.717) is 12.3 Å². The average Bonchev–Trinajstić information content (AvgIpc) is 2.78. The summed E-state index contributed by atoms with van der Waals surface area (Å²) >= 11 is 0. The molecule has 4 heteroatoms. The number of hydrogen-bond donors (Lipinski definition) is 2. The molecule has 0 saturated carbocycles. The van der Waals surface area contributed by atoms with Crippen LogP contribution in [0.5, 0.6) is 5.75 Å². The Hall–Kier alpha value is -1.55. The van der Waals surface area contributed by atoms with Gasteiger partial charge in [0.05, 0.1) is 7.11 Å². The first-order valence-corrected chi connectivity index (χ1v) is 5.78. The molecular formula is C13H17NO3. The summed E-state index contributed by atoms with van der Waals surface area (Å²) in [4.78, 5) is 10.8. The highest BCUT2D eigenvalue weighted by atomic mass is 16.5. The monoisotopic (exact) mass is 235 g/mol. The van der Waals surface area contributed by atoms with E-state index in [0.717, 1.165) is 24.3 Å². The fourth-order valence-corrected chi connectivity index (χ4v) is 2.34. The van der Waals surface area contributed by atoms with Crippen molar-refractivity contribution in [2.75, 3.05) is 13.7 Å². The topological polar surface area (TPSA) is 58.6 Å². The average molecular weight is 235 g/mol. The number of rotatable bonds is 4. The summed E-state index contributed by atoms with van der Waals surface area (Å²) in [6.07, 6.45) is 1.55. The minimum Gasteiger partial charge on any atom is -0.496 e. The van der Waals surface area contributed by atoms with Crippen LogP contribution in [0, 0.1) is 5.92 Å². The normalized spacial score (nSPS) is 23.6. The molecule has 1 aromatic rings. The fourth-order valence-electron chi connectivity index (χ4n) is 2.34. The zero-order valence-corrected chi connectivity index (χ0v) is 9.85. The van der Waals surface area contributed by atoms with Crippen LogP contribution in [0.15, 0.2) is 24.3 Å². The number of para-hydroxylation sites is 1. The van der Waals surface area contributed by atoms with E-state index >= 15 is 0 Å². The Labute approximate surface area is 101 Å². The lowest BCUT2D eigenvalue weighted by atomic mass is 9.96. The summed E-state index contributed by atoms with van der Waals surface area (Å²) < 4.78 is 5.29. The van der Waals surface area contributed by atoms with Crippen molar-refractivity contribution in [3.63, 3.8) is 0 Å². The summed E-state index contributed by atoms with van der Waals surface area (Å²) in [6.45, 7) is 0.759. The van der Waals surface area contributed by atoms with Crippen molar-refractivity contribution < 1.29 is 14.6 Å². The van der Waals surface area contributed by atoms with Crippen LogP contribution in [-0.4, -0.2) is 30.8 Å². The number of nitrogens with one attached hydrogen (secondary N) is 1. The zero-order valence-electron chi connectivity index (χ0n) is 9.85. The summed E-state index contributed by atoms with van der Waals surface area (Å²) in [7, 11) is 1.66. The third kappa shape index (κ3) is 2.77. The van der Waals surface area contributed by atoms with E-state index in [9.17, 15) is 4.79 Å². The molecule has 0 radical (unpaired) electrons. The van der Waals surface area contributed by atoms with Crippen molar-refractivity contribution >= 4 is 5.97 Å². The maximum atomic E-state index is 10.8. The number of carboxylic acid groups (broad SMARTS) is 1. The van der Waals surface area contributed by atoms with E-state index in [1.165, 1.54) is 0 Å². The molecule has 1 aliphatic heterocycles. The van der Waals surface area contributed by atoms with Crippen LogP contribution in [-0.2, 0) is 11.2 Å². The molecule has 92 valence electrons. The second kappa shape index (κ2) is 5.19. The molecule has 1 aromatic carbocycles. The van der Waals surface area contributed by atoms with E-state index in [2.05, 4.69) is 5.32 Å². The fraction of sp³-hybridized carbons (Fsp3) is 0.462. The molecule has 0 spiro atoms. The lowest BCUT2D eigenvalue weighted by Crippen LogP contribution is -2.29. The van der Waals surface area contributed by atoms with Crippen molar-refractivity contribution in [3.05, 3.63) is 29.8 Å². The van der Waals surface area contributed by atoms with Crippen LogP contribution in [0.25, 0.3) is 0 Å². The highest BCUT2D eigenvalue weighted by Gasteiger charge is 2.29. The number of methoxy groups -OCH3 is 1. The van der Waals surface area contributed by atoms with Gasteiger partial charge in [0.15, 0.2) is 0 Å². The van der Waals surface area contributed by atoms with Crippen molar-refractivity contribution in [1.82, 2.24) is 5.32 Å². The van der Waals surface area contributed by atoms with Crippen LogP contribution >= 0.6 is 0 Å². The lowest BCUT2D eigenvalue weighted by molar-refractivity contribution is -0.139.